The molecule has 12 heteroatoms. The third kappa shape index (κ3) is 5.21. The van der Waals surface area contributed by atoms with E-state index in [-0.39, 0.29) is 60.6 Å². The summed E-state index contributed by atoms with van der Waals surface area (Å²) in [5, 5.41) is 16.4. The summed E-state index contributed by atoms with van der Waals surface area (Å²) in [6, 6.07) is 1.19. The van der Waals surface area contributed by atoms with Crippen molar-refractivity contribution in [2.24, 2.45) is 5.92 Å². The molecule has 0 spiro atoms. The van der Waals surface area contributed by atoms with Crippen LogP contribution in [0.3, 0.4) is 0 Å². The van der Waals surface area contributed by atoms with Gasteiger partial charge in [0.05, 0.1) is 24.6 Å². The topological polar surface area (TPSA) is 114 Å². The summed E-state index contributed by atoms with van der Waals surface area (Å²) in [6.45, 7) is -10.3. The molecule has 0 radical (unpaired) electrons. The van der Waals surface area contributed by atoms with Gasteiger partial charge in [-0.15, -0.1) is 0 Å². The second-order valence-corrected chi connectivity index (χ2v) is 11.1. The van der Waals surface area contributed by atoms with Gasteiger partial charge >= 0.3 is 6.61 Å². The molecular formula is C24H27F3N4O4S. The Balaban J connectivity index is 1.81. The van der Waals surface area contributed by atoms with E-state index < -0.39 is 70.7 Å². The molecule has 2 aromatic rings. The summed E-state index contributed by atoms with van der Waals surface area (Å²) < 4.78 is 126. The minimum absolute atomic E-state index is 0.0404. The highest BCUT2D eigenvalue weighted by Crippen LogP contribution is 2.37. The normalized spacial score (nSPS) is 24.4. The predicted octanol–water partition coefficient (Wildman–Crippen LogP) is 3.56. The lowest BCUT2D eigenvalue weighted by molar-refractivity contribution is -0.126. The molecule has 1 atom stereocenters. The van der Waals surface area contributed by atoms with Crippen LogP contribution in [0.2, 0.25) is 0 Å². The van der Waals surface area contributed by atoms with Crippen molar-refractivity contribution < 1.29 is 40.7 Å². The van der Waals surface area contributed by atoms with Gasteiger partial charge in [0.1, 0.15) is 17.1 Å². The van der Waals surface area contributed by atoms with Crippen LogP contribution >= 0.6 is 0 Å². The lowest BCUT2D eigenvalue weighted by Gasteiger charge is -2.33. The van der Waals surface area contributed by atoms with Crippen LogP contribution in [0, 0.1) is 23.1 Å². The standard InChI is InChI=1S/C24H27F3N4O4S/c1-14(2)31-20-11-15(22(32)29-24(13-28)7-9-36(33,34)10-8-24)3-5-17(20)21(30-31)18-12-16(35-23(26)27)4-6-19(18)25/h4,6,12,14-15,23H,3,5,7-11H2,1-2H3,(H,29,32)/i1D3,2D3,14D. The van der Waals surface area contributed by atoms with E-state index in [2.05, 4.69) is 15.2 Å². The molecule has 2 heterocycles. The minimum Gasteiger partial charge on any atom is -0.435 e. The monoisotopic (exact) mass is 531 g/mol. The van der Waals surface area contributed by atoms with Crippen molar-refractivity contribution in [2.45, 2.75) is 64.0 Å². The van der Waals surface area contributed by atoms with Gasteiger partial charge in [-0.2, -0.15) is 19.1 Å². The number of nitrogens with zero attached hydrogens (tertiary/aromatic N) is 3. The SMILES string of the molecule is [2H]C([2H])([2H])C([2H])(n1nc(-c2cc(OC(F)F)ccc2F)c2c1CC(C(=O)NC1(C#N)CCS(=O)(=O)CC1)CC2)C([2H])([2H])[2H]. The largest absolute Gasteiger partial charge is 0.435 e. The Morgan fingerprint density at radius 1 is 1.39 bits per heavy atom. The third-order valence-electron chi connectivity index (χ3n) is 6.53. The number of ether oxygens (including phenoxy) is 1. The third-order valence-corrected chi connectivity index (χ3v) is 8.18. The van der Waals surface area contributed by atoms with Crippen LogP contribution in [0.25, 0.3) is 11.3 Å². The number of aromatic nitrogens is 2. The van der Waals surface area contributed by atoms with E-state index in [4.69, 9.17) is 9.60 Å². The van der Waals surface area contributed by atoms with Gasteiger partial charge in [0.2, 0.25) is 5.91 Å². The maximum absolute atomic E-state index is 15.0. The molecule has 0 bridgehead atoms. The van der Waals surface area contributed by atoms with E-state index in [0.717, 1.165) is 18.2 Å². The number of sulfone groups is 1. The molecule has 1 saturated heterocycles. The Morgan fingerprint density at radius 3 is 2.75 bits per heavy atom. The summed E-state index contributed by atoms with van der Waals surface area (Å²) >= 11 is 0. The average molecular weight is 532 g/mol. The molecule has 36 heavy (non-hydrogen) atoms. The Hall–Kier alpha value is -3.07. The predicted molar refractivity (Wildman–Crippen MR) is 125 cm³/mol. The number of benzene rings is 1. The fourth-order valence-corrected chi connectivity index (χ4v) is 6.11. The second-order valence-electron chi connectivity index (χ2n) is 8.83. The van der Waals surface area contributed by atoms with Gasteiger partial charge in [-0.3, -0.25) is 9.48 Å². The van der Waals surface area contributed by atoms with Crippen molar-refractivity contribution >= 4 is 15.7 Å². The Kier molecular flexibility index (Phi) is 4.94. The number of carbonyl (C=O) groups excluding carboxylic acids is 1. The molecule has 1 N–H and O–H groups in total. The van der Waals surface area contributed by atoms with Gasteiger partial charge in [0.25, 0.3) is 0 Å². The lowest BCUT2D eigenvalue weighted by Crippen LogP contribution is -2.54. The molecule has 4 rings (SSSR count). The number of hydrogen-bond acceptors (Lipinski definition) is 6. The van der Waals surface area contributed by atoms with Crippen LogP contribution in [0.15, 0.2) is 18.2 Å². The quantitative estimate of drug-likeness (QED) is 0.610. The molecule has 1 aliphatic heterocycles. The maximum Gasteiger partial charge on any atom is 0.387 e. The van der Waals surface area contributed by atoms with E-state index in [1.54, 1.807) is 0 Å². The molecule has 8 nitrogen and oxygen atoms in total. The molecule has 1 amide bonds. The first kappa shape index (κ1) is 18.2. The fraction of sp³-hybridized carbons (Fsp3) is 0.542. The van der Waals surface area contributed by atoms with Crippen molar-refractivity contribution in [1.82, 2.24) is 15.1 Å². The van der Waals surface area contributed by atoms with E-state index in [9.17, 15) is 27.3 Å². The number of amides is 1. The maximum atomic E-state index is 15.0. The number of carbonyl (C=O) groups is 1. The average Bonchev–Trinajstić information content (AvgIpc) is 3.28. The highest BCUT2D eigenvalue weighted by atomic mass is 32.2. The van der Waals surface area contributed by atoms with Gasteiger partial charge in [-0.25, -0.2) is 12.8 Å². The zero-order valence-corrected chi connectivity index (χ0v) is 19.7. The van der Waals surface area contributed by atoms with Gasteiger partial charge in [-0.1, -0.05) is 0 Å². The van der Waals surface area contributed by atoms with Crippen LogP contribution in [0.4, 0.5) is 13.2 Å². The highest BCUT2D eigenvalue weighted by Gasteiger charge is 2.41. The van der Waals surface area contributed by atoms with Crippen molar-refractivity contribution in [3.8, 4) is 23.1 Å². The van der Waals surface area contributed by atoms with Gasteiger partial charge in [0, 0.05) is 43.4 Å². The molecule has 1 aromatic heterocycles. The van der Waals surface area contributed by atoms with Crippen molar-refractivity contribution in [1.29, 1.82) is 5.26 Å². The number of fused-ring (bicyclic) bond motifs is 1. The second kappa shape index (κ2) is 9.76. The fourth-order valence-electron chi connectivity index (χ4n) is 4.59. The minimum atomic E-state index is -3.51. The van der Waals surface area contributed by atoms with Gasteiger partial charge in [-0.05, 0) is 57.6 Å². The lowest BCUT2D eigenvalue weighted by atomic mass is 9.84. The Bertz CT molecular complexity index is 1540. The number of nitriles is 1. The summed E-state index contributed by atoms with van der Waals surface area (Å²) in [5.41, 5.74) is -2.25. The first-order valence-corrected chi connectivity index (χ1v) is 12.9. The van der Waals surface area contributed by atoms with Crippen molar-refractivity contribution in [3.05, 3.63) is 35.3 Å². The van der Waals surface area contributed by atoms with E-state index in [1.165, 1.54) is 0 Å². The Morgan fingerprint density at radius 2 is 2.11 bits per heavy atom. The van der Waals surface area contributed by atoms with Crippen molar-refractivity contribution in [3.63, 3.8) is 0 Å². The number of halogens is 3. The van der Waals surface area contributed by atoms with Gasteiger partial charge < -0.3 is 10.1 Å². The molecular weight excluding hydrogens is 497 g/mol. The van der Waals surface area contributed by atoms with E-state index >= 15 is 4.39 Å². The van der Waals surface area contributed by atoms with Crippen LogP contribution < -0.4 is 10.1 Å². The molecule has 1 fully saturated rings. The van der Waals surface area contributed by atoms with Crippen LogP contribution in [0.5, 0.6) is 5.75 Å². The van der Waals surface area contributed by atoms with Crippen LogP contribution in [-0.4, -0.2) is 47.8 Å². The zero-order valence-electron chi connectivity index (χ0n) is 25.9. The number of rotatable bonds is 6. The highest BCUT2D eigenvalue weighted by molar-refractivity contribution is 7.91. The van der Waals surface area contributed by atoms with Crippen LogP contribution in [0.1, 0.15) is 59.8 Å². The van der Waals surface area contributed by atoms with Crippen molar-refractivity contribution in [2.75, 3.05) is 11.5 Å². The zero-order chi connectivity index (χ0) is 32.2. The van der Waals surface area contributed by atoms with Crippen LogP contribution in [-0.2, 0) is 27.5 Å². The molecule has 1 unspecified atom stereocenters. The summed E-state index contributed by atoms with van der Waals surface area (Å²) in [7, 11) is -3.37. The molecule has 1 aromatic carbocycles. The number of alkyl halides is 2. The summed E-state index contributed by atoms with van der Waals surface area (Å²) in [6.07, 6.45) is -0.716. The smallest absolute Gasteiger partial charge is 0.387 e. The summed E-state index contributed by atoms with van der Waals surface area (Å²) in [4.78, 5) is 13.4. The molecule has 0 saturated carbocycles. The summed E-state index contributed by atoms with van der Waals surface area (Å²) in [5.74, 6) is -3.74. The number of hydrogen-bond donors (Lipinski definition) is 1. The Labute approximate surface area is 217 Å². The first-order chi connectivity index (χ1) is 19.7. The van der Waals surface area contributed by atoms with E-state index in [1.807, 2.05) is 6.07 Å². The number of nitrogens with one attached hydrogen (secondary N) is 1. The molecule has 2 aliphatic rings. The van der Waals surface area contributed by atoms with E-state index in [0.29, 0.717) is 4.68 Å². The molecule has 194 valence electrons. The molecule has 1 aliphatic carbocycles. The first-order valence-electron chi connectivity index (χ1n) is 14.5. The van der Waals surface area contributed by atoms with Gasteiger partial charge in [0.15, 0.2) is 9.84 Å².